The summed E-state index contributed by atoms with van der Waals surface area (Å²) in [5.41, 5.74) is 1.67. The summed E-state index contributed by atoms with van der Waals surface area (Å²) in [6, 6.07) is 4.92. The van der Waals surface area contributed by atoms with Gasteiger partial charge in [-0.3, -0.25) is 9.59 Å². The van der Waals surface area contributed by atoms with Crippen LogP contribution in [0.4, 0.5) is 0 Å². The molecule has 2 rings (SSSR count). The Bertz CT molecular complexity index is 561. The lowest BCUT2D eigenvalue weighted by Gasteiger charge is -2.27. The highest BCUT2D eigenvalue weighted by molar-refractivity contribution is 6.31. The van der Waals surface area contributed by atoms with E-state index in [0.717, 1.165) is 11.1 Å². The molecular weight excluding hydrogens is 294 g/mol. The zero-order valence-electron chi connectivity index (χ0n) is 12.0. The van der Waals surface area contributed by atoms with Gasteiger partial charge < -0.3 is 14.7 Å². The molecule has 2 atom stereocenters. The van der Waals surface area contributed by atoms with Crippen LogP contribution in [0.25, 0.3) is 0 Å². The molecular formula is C15H18ClNO4. The molecule has 6 heteroatoms. The molecule has 1 saturated heterocycles. The maximum absolute atomic E-state index is 12.1. The first-order valence-corrected chi connectivity index (χ1v) is 7.10. The van der Waals surface area contributed by atoms with E-state index in [1.54, 1.807) is 18.1 Å². The maximum Gasteiger partial charge on any atom is 0.309 e. The van der Waals surface area contributed by atoms with Crippen molar-refractivity contribution in [3.8, 4) is 0 Å². The monoisotopic (exact) mass is 311 g/mol. The van der Waals surface area contributed by atoms with Crippen LogP contribution in [0.15, 0.2) is 18.2 Å². The van der Waals surface area contributed by atoms with E-state index in [1.807, 2.05) is 19.1 Å². The molecule has 0 spiro atoms. The SMILES string of the molecule is COCCN1C(=O)CC(C(=O)O)C1c1ccc(C)c(Cl)c1. The minimum absolute atomic E-state index is 0.00914. The third-order valence-electron chi connectivity index (χ3n) is 3.82. The lowest BCUT2D eigenvalue weighted by Crippen LogP contribution is -2.33. The Hall–Kier alpha value is -1.59. The number of hydrogen-bond acceptors (Lipinski definition) is 3. The van der Waals surface area contributed by atoms with Crippen LogP contribution in [0.2, 0.25) is 5.02 Å². The number of hydrogen-bond donors (Lipinski definition) is 1. The Labute approximate surface area is 128 Å². The van der Waals surface area contributed by atoms with E-state index < -0.39 is 17.9 Å². The zero-order chi connectivity index (χ0) is 15.6. The van der Waals surface area contributed by atoms with E-state index in [9.17, 15) is 14.7 Å². The Morgan fingerprint density at radius 1 is 1.52 bits per heavy atom. The fourth-order valence-electron chi connectivity index (χ4n) is 2.67. The van der Waals surface area contributed by atoms with Crippen molar-refractivity contribution in [2.24, 2.45) is 5.92 Å². The summed E-state index contributed by atoms with van der Waals surface area (Å²) in [6.45, 7) is 2.62. The largest absolute Gasteiger partial charge is 0.481 e. The van der Waals surface area contributed by atoms with E-state index in [4.69, 9.17) is 16.3 Å². The number of methoxy groups -OCH3 is 1. The van der Waals surface area contributed by atoms with Gasteiger partial charge in [-0.25, -0.2) is 0 Å². The summed E-state index contributed by atoms with van der Waals surface area (Å²) in [7, 11) is 1.55. The normalized spacial score (nSPS) is 21.9. The Balaban J connectivity index is 2.38. The number of halogens is 1. The molecule has 1 heterocycles. The predicted octanol–water partition coefficient (Wildman–Crippen LogP) is 2.27. The zero-order valence-corrected chi connectivity index (χ0v) is 12.8. The van der Waals surface area contributed by atoms with Crippen LogP contribution in [0.1, 0.15) is 23.6 Å². The molecule has 1 aromatic rings. The van der Waals surface area contributed by atoms with E-state index >= 15 is 0 Å². The standard InChI is InChI=1S/C15H18ClNO4/c1-9-3-4-10(7-12(9)16)14-11(15(19)20)8-13(18)17(14)5-6-21-2/h3-4,7,11,14H,5-6,8H2,1-2H3,(H,19,20). The third-order valence-corrected chi connectivity index (χ3v) is 4.23. The topological polar surface area (TPSA) is 66.8 Å². The molecule has 114 valence electrons. The molecule has 0 bridgehead atoms. The van der Waals surface area contributed by atoms with Crippen molar-refractivity contribution in [2.45, 2.75) is 19.4 Å². The van der Waals surface area contributed by atoms with E-state index in [-0.39, 0.29) is 12.3 Å². The molecule has 1 aromatic carbocycles. The van der Waals surface area contributed by atoms with Gasteiger partial charge in [0.1, 0.15) is 0 Å². The third kappa shape index (κ3) is 3.19. The van der Waals surface area contributed by atoms with Gasteiger partial charge >= 0.3 is 5.97 Å². The smallest absolute Gasteiger partial charge is 0.309 e. The predicted molar refractivity (Wildman–Crippen MR) is 78.3 cm³/mol. The van der Waals surface area contributed by atoms with Gasteiger partial charge in [0.2, 0.25) is 5.91 Å². The number of benzene rings is 1. The number of carboxylic acids is 1. The van der Waals surface area contributed by atoms with E-state index in [0.29, 0.717) is 18.2 Å². The fraction of sp³-hybridized carbons (Fsp3) is 0.467. The molecule has 2 unspecified atom stereocenters. The lowest BCUT2D eigenvalue weighted by molar-refractivity contribution is -0.142. The van der Waals surface area contributed by atoms with Gasteiger partial charge in [-0.2, -0.15) is 0 Å². The van der Waals surface area contributed by atoms with Gasteiger partial charge in [0, 0.05) is 25.1 Å². The average Bonchev–Trinajstić information content (AvgIpc) is 2.77. The molecule has 1 aliphatic heterocycles. The number of aryl methyl sites for hydroxylation is 1. The first-order valence-electron chi connectivity index (χ1n) is 6.73. The highest BCUT2D eigenvalue weighted by Gasteiger charge is 2.44. The Kier molecular flexibility index (Phi) is 4.85. The van der Waals surface area contributed by atoms with Crippen LogP contribution in [0.3, 0.4) is 0 Å². The number of ether oxygens (including phenoxy) is 1. The number of carboxylic acid groups (broad SMARTS) is 1. The van der Waals surface area contributed by atoms with Crippen molar-refractivity contribution in [1.82, 2.24) is 4.90 Å². The number of aliphatic carboxylic acids is 1. The highest BCUT2D eigenvalue weighted by Crippen LogP contribution is 2.39. The van der Waals surface area contributed by atoms with Gasteiger partial charge in [-0.15, -0.1) is 0 Å². The molecule has 5 nitrogen and oxygen atoms in total. The fourth-order valence-corrected chi connectivity index (χ4v) is 2.86. The summed E-state index contributed by atoms with van der Waals surface area (Å²) >= 11 is 6.13. The molecule has 1 fully saturated rings. The molecule has 0 radical (unpaired) electrons. The van der Waals surface area contributed by atoms with Crippen molar-refractivity contribution in [1.29, 1.82) is 0 Å². The van der Waals surface area contributed by atoms with Crippen LogP contribution in [-0.4, -0.2) is 42.1 Å². The van der Waals surface area contributed by atoms with Gasteiger partial charge in [0.15, 0.2) is 0 Å². The Morgan fingerprint density at radius 3 is 2.81 bits per heavy atom. The second-order valence-electron chi connectivity index (χ2n) is 5.18. The van der Waals surface area contributed by atoms with Gasteiger partial charge in [-0.1, -0.05) is 23.7 Å². The second-order valence-corrected chi connectivity index (χ2v) is 5.59. The molecule has 0 aromatic heterocycles. The first-order chi connectivity index (χ1) is 9.95. The van der Waals surface area contributed by atoms with Crippen molar-refractivity contribution in [3.63, 3.8) is 0 Å². The minimum atomic E-state index is -0.968. The second kappa shape index (κ2) is 6.45. The number of amides is 1. The number of carbonyl (C=O) groups excluding carboxylic acids is 1. The summed E-state index contributed by atoms with van der Waals surface area (Å²) < 4.78 is 5.01. The van der Waals surface area contributed by atoms with E-state index in [1.165, 1.54) is 0 Å². The van der Waals surface area contributed by atoms with Crippen molar-refractivity contribution < 1.29 is 19.4 Å². The molecule has 1 aliphatic rings. The van der Waals surface area contributed by atoms with E-state index in [2.05, 4.69) is 0 Å². The Morgan fingerprint density at radius 2 is 2.24 bits per heavy atom. The summed E-state index contributed by atoms with van der Waals surface area (Å²) in [5.74, 6) is -1.89. The molecule has 0 saturated carbocycles. The molecule has 0 aliphatic carbocycles. The van der Waals surface area contributed by atoms with Crippen molar-refractivity contribution in [3.05, 3.63) is 34.3 Å². The van der Waals surface area contributed by atoms with Crippen LogP contribution in [-0.2, 0) is 14.3 Å². The molecule has 1 N–H and O–H groups in total. The molecule has 1 amide bonds. The average molecular weight is 312 g/mol. The highest BCUT2D eigenvalue weighted by atomic mass is 35.5. The quantitative estimate of drug-likeness (QED) is 0.906. The number of nitrogens with zero attached hydrogens (tertiary/aromatic N) is 1. The number of rotatable bonds is 5. The number of likely N-dealkylation sites (tertiary alicyclic amines) is 1. The number of carbonyl (C=O) groups is 2. The van der Waals surface area contributed by atoms with Crippen LogP contribution < -0.4 is 0 Å². The van der Waals surface area contributed by atoms with Crippen LogP contribution in [0.5, 0.6) is 0 Å². The van der Waals surface area contributed by atoms with Gasteiger partial charge in [-0.05, 0) is 24.1 Å². The summed E-state index contributed by atoms with van der Waals surface area (Å²) in [5, 5.41) is 9.96. The van der Waals surface area contributed by atoms with Gasteiger partial charge in [0.25, 0.3) is 0 Å². The summed E-state index contributed by atoms with van der Waals surface area (Å²) in [4.78, 5) is 25.1. The first kappa shape index (κ1) is 15.8. The van der Waals surface area contributed by atoms with Crippen molar-refractivity contribution >= 4 is 23.5 Å². The maximum atomic E-state index is 12.1. The minimum Gasteiger partial charge on any atom is -0.481 e. The van der Waals surface area contributed by atoms with Gasteiger partial charge in [0.05, 0.1) is 18.6 Å². The lowest BCUT2D eigenvalue weighted by atomic mass is 9.93. The summed E-state index contributed by atoms with van der Waals surface area (Å²) in [6.07, 6.45) is 0.00914. The molecule has 21 heavy (non-hydrogen) atoms. The van der Waals surface area contributed by atoms with Crippen LogP contribution >= 0.6 is 11.6 Å². The van der Waals surface area contributed by atoms with Crippen molar-refractivity contribution in [2.75, 3.05) is 20.3 Å². The van der Waals surface area contributed by atoms with Crippen LogP contribution in [0, 0.1) is 12.8 Å².